The van der Waals surface area contributed by atoms with Crippen LogP contribution < -0.4 is 4.90 Å². The van der Waals surface area contributed by atoms with Crippen LogP contribution in [0.3, 0.4) is 0 Å². The van der Waals surface area contributed by atoms with Crippen molar-refractivity contribution in [3.05, 3.63) is 222 Å². The fourth-order valence-electron chi connectivity index (χ4n) is 8.65. The van der Waals surface area contributed by atoms with Crippen LogP contribution in [0.2, 0.25) is 0 Å². The molecule has 0 unspecified atom stereocenters. The molecular formula is C49H33N. The van der Waals surface area contributed by atoms with E-state index in [9.17, 15) is 0 Å². The fourth-order valence-corrected chi connectivity index (χ4v) is 8.65. The molecule has 10 rings (SSSR count). The first-order valence-electron chi connectivity index (χ1n) is 17.4. The molecule has 1 spiro atoms. The van der Waals surface area contributed by atoms with Crippen molar-refractivity contribution in [1.82, 2.24) is 0 Å². The van der Waals surface area contributed by atoms with Gasteiger partial charge in [-0.2, -0.15) is 0 Å². The number of benzene rings is 8. The van der Waals surface area contributed by atoms with Crippen molar-refractivity contribution in [2.45, 2.75) is 5.41 Å². The summed E-state index contributed by atoms with van der Waals surface area (Å²) in [6.45, 7) is 0. The van der Waals surface area contributed by atoms with Crippen LogP contribution in [0.4, 0.5) is 17.1 Å². The molecule has 0 saturated carbocycles. The minimum atomic E-state index is -0.354. The van der Waals surface area contributed by atoms with Gasteiger partial charge < -0.3 is 4.90 Å². The Morgan fingerprint density at radius 3 is 1.22 bits per heavy atom. The molecule has 8 aromatic carbocycles. The van der Waals surface area contributed by atoms with Gasteiger partial charge in [0.05, 0.1) is 5.41 Å². The molecule has 8 aromatic rings. The number of hydrogen-bond acceptors (Lipinski definition) is 1. The summed E-state index contributed by atoms with van der Waals surface area (Å²) in [5, 5.41) is 0. The Labute approximate surface area is 293 Å². The molecule has 0 aromatic heterocycles. The van der Waals surface area contributed by atoms with E-state index in [-0.39, 0.29) is 5.41 Å². The zero-order valence-corrected chi connectivity index (χ0v) is 27.5. The van der Waals surface area contributed by atoms with E-state index in [1.165, 1.54) is 66.8 Å². The standard InChI is InChI=1S/C49H33N/c1-4-16-34(17-5-1)39-30-28-37(32-43(39)35-18-6-2-7-19-35)50(36-20-8-3-9-21-36)38-29-31-48-44(33-38)42-24-12-15-27-47(42)49(48)45-25-13-10-22-40(45)41-23-11-14-26-46(41)49/h1-33H. The van der Waals surface area contributed by atoms with E-state index in [1.807, 2.05) is 0 Å². The molecule has 0 atom stereocenters. The molecule has 2 aliphatic carbocycles. The highest BCUT2D eigenvalue weighted by Crippen LogP contribution is 2.63. The summed E-state index contributed by atoms with van der Waals surface area (Å²) in [5.41, 5.74) is 18.5. The molecule has 1 heteroatoms. The smallest absolute Gasteiger partial charge is 0.0725 e. The maximum absolute atomic E-state index is 2.42. The van der Waals surface area contributed by atoms with Crippen molar-refractivity contribution in [2.75, 3.05) is 4.90 Å². The van der Waals surface area contributed by atoms with Gasteiger partial charge in [-0.25, -0.2) is 0 Å². The van der Waals surface area contributed by atoms with E-state index >= 15 is 0 Å². The zero-order valence-electron chi connectivity index (χ0n) is 27.5. The molecule has 0 bridgehead atoms. The van der Waals surface area contributed by atoms with Crippen LogP contribution in [0.25, 0.3) is 44.5 Å². The molecular weight excluding hydrogens is 603 g/mol. The SMILES string of the molecule is c1ccc(-c2ccc(N(c3ccccc3)c3ccc4c(c3)-c3ccccc3C43c4ccccc4-c4ccccc43)cc2-c2ccccc2)cc1. The predicted molar refractivity (Wildman–Crippen MR) is 208 cm³/mol. The van der Waals surface area contributed by atoms with Crippen LogP contribution in [-0.2, 0) is 5.41 Å². The lowest BCUT2D eigenvalue weighted by molar-refractivity contribution is 0.794. The van der Waals surface area contributed by atoms with Crippen LogP contribution in [0, 0.1) is 0 Å². The Morgan fingerprint density at radius 1 is 0.260 bits per heavy atom. The largest absolute Gasteiger partial charge is 0.310 e. The zero-order chi connectivity index (χ0) is 33.1. The van der Waals surface area contributed by atoms with Crippen molar-refractivity contribution >= 4 is 17.1 Å². The lowest BCUT2D eigenvalue weighted by Gasteiger charge is -2.31. The van der Waals surface area contributed by atoms with Crippen molar-refractivity contribution in [3.63, 3.8) is 0 Å². The van der Waals surface area contributed by atoms with Crippen LogP contribution in [-0.4, -0.2) is 0 Å². The van der Waals surface area contributed by atoms with E-state index in [0.29, 0.717) is 0 Å². The summed E-state index contributed by atoms with van der Waals surface area (Å²) in [4.78, 5) is 2.41. The fraction of sp³-hybridized carbons (Fsp3) is 0.0204. The maximum Gasteiger partial charge on any atom is 0.0725 e. The van der Waals surface area contributed by atoms with E-state index < -0.39 is 0 Å². The minimum absolute atomic E-state index is 0.354. The first-order chi connectivity index (χ1) is 24.8. The van der Waals surface area contributed by atoms with E-state index in [2.05, 4.69) is 205 Å². The monoisotopic (exact) mass is 635 g/mol. The molecule has 0 aliphatic heterocycles. The Balaban J connectivity index is 1.21. The summed E-state index contributed by atoms with van der Waals surface area (Å²) in [6.07, 6.45) is 0. The molecule has 0 radical (unpaired) electrons. The van der Waals surface area contributed by atoms with Crippen LogP contribution in [0.5, 0.6) is 0 Å². The van der Waals surface area contributed by atoms with Crippen molar-refractivity contribution < 1.29 is 0 Å². The summed E-state index contributed by atoms with van der Waals surface area (Å²) in [7, 11) is 0. The van der Waals surface area contributed by atoms with Crippen molar-refractivity contribution in [1.29, 1.82) is 0 Å². The lowest BCUT2D eigenvalue weighted by Crippen LogP contribution is -2.25. The van der Waals surface area contributed by atoms with Gasteiger partial charge >= 0.3 is 0 Å². The van der Waals surface area contributed by atoms with Gasteiger partial charge in [-0.3, -0.25) is 0 Å². The third-order valence-electron chi connectivity index (χ3n) is 10.7. The molecule has 0 amide bonds. The number of rotatable bonds is 5. The lowest BCUT2D eigenvalue weighted by atomic mass is 9.70. The summed E-state index contributed by atoms with van der Waals surface area (Å²) < 4.78 is 0. The van der Waals surface area contributed by atoms with E-state index in [0.717, 1.165) is 17.1 Å². The molecule has 0 saturated heterocycles. The quantitative estimate of drug-likeness (QED) is 0.182. The molecule has 1 nitrogen and oxygen atoms in total. The molecule has 0 heterocycles. The summed E-state index contributed by atoms with van der Waals surface area (Å²) in [5.74, 6) is 0. The molecule has 0 fully saturated rings. The Hall–Kier alpha value is -6.44. The normalized spacial score (nSPS) is 13.0. The topological polar surface area (TPSA) is 3.24 Å². The van der Waals surface area contributed by atoms with Gasteiger partial charge in [-0.1, -0.05) is 164 Å². The Bertz CT molecular complexity index is 2490. The molecule has 50 heavy (non-hydrogen) atoms. The van der Waals surface area contributed by atoms with Gasteiger partial charge in [0.25, 0.3) is 0 Å². The molecule has 0 N–H and O–H groups in total. The highest BCUT2D eigenvalue weighted by molar-refractivity contribution is 5.97. The van der Waals surface area contributed by atoms with Crippen molar-refractivity contribution in [3.8, 4) is 44.5 Å². The van der Waals surface area contributed by atoms with Crippen molar-refractivity contribution in [2.24, 2.45) is 0 Å². The van der Waals surface area contributed by atoms with Crippen LogP contribution in [0.1, 0.15) is 22.3 Å². The number of nitrogens with zero attached hydrogens (tertiary/aromatic N) is 1. The Kier molecular flexibility index (Phi) is 6.47. The second-order valence-electron chi connectivity index (χ2n) is 13.2. The summed E-state index contributed by atoms with van der Waals surface area (Å²) in [6, 6.07) is 73.3. The number of anilines is 3. The van der Waals surface area contributed by atoms with Gasteiger partial charge in [-0.05, 0) is 103 Å². The third kappa shape index (κ3) is 4.14. The highest BCUT2D eigenvalue weighted by atomic mass is 15.1. The number of fused-ring (bicyclic) bond motifs is 10. The van der Waals surface area contributed by atoms with Gasteiger partial charge in [0.15, 0.2) is 0 Å². The second kappa shape index (κ2) is 11.3. The summed E-state index contributed by atoms with van der Waals surface area (Å²) >= 11 is 0. The highest BCUT2D eigenvalue weighted by Gasteiger charge is 2.51. The number of para-hydroxylation sites is 1. The molecule has 234 valence electrons. The first kappa shape index (κ1) is 28.6. The van der Waals surface area contributed by atoms with Crippen LogP contribution >= 0.6 is 0 Å². The average Bonchev–Trinajstić information content (AvgIpc) is 3.66. The first-order valence-corrected chi connectivity index (χ1v) is 17.4. The minimum Gasteiger partial charge on any atom is -0.310 e. The van der Waals surface area contributed by atoms with E-state index in [4.69, 9.17) is 0 Å². The van der Waals surface area contributed by atoms with Gasteiger partial charge in [0, 0.05) is 17.1 Å². The predicted octanol–water partition coefficient (Wildman–Crippen LogP) is 12.8. The van der Waals surface area contributed by atoms with Crippen LogP contribution in [0.15, 0.2) is 200 Å². The Morgan fingerprint density at radius 2 is 0.660 bits per heavy atom. The third-order valence-corrected chi connectivity index (χ3v) is 10.7. The number of hydrogen-bond donors (Lipinski definition) is 0. The average molecular weight is 636 g/mol. The van der Waals surface area contributed by atoms with Gasteiger partial charge in [-0.15, -0.1) is 0 Å². The maximum atomic E-state index is 2.42. The molecule has 2 aliphatic rings. The van der Waals surface area contributed by atoms with Gasteiger partial charge in [0.1, 0.15) is 0 Å². The second-order valence-corrected chi connectivity index (χ2v) is 13.2. The van der Waals surface area contributed by atoms with Gasteiger partial charge in [0.2, 0.25) is 0 Å². The van der Waals surface area contributed by atoms with E-state index in [1.54, 1.807) is 0 Å².